The number of carbonyl (C=O) groups is 1. The first-order valence-corrected chi connectivity index (χ1v) is 11.2. The molecule has 0 saturated carbocycles. The molecule has 0 spiro atoms. The molecule has 0 atom stereocenters. The molecule has 0 aromatic heterocycles. The average Bonchev–Trinajstić information content (AvgIpc) is 2.75. The van der Waals surface area contributed by atoms with Crippen molar-refractivity contribution in [3.05, 3.63) is 96.4 Å². The van der Waals surface area contributed by atoms with E-state index < -0.39 is 5.91 Å². The lowest BCUT2D eigenvalue weighted by molar-refractivity contribution is -0.112. The van der Waals surface area contributed by atoms with E-state index in [1.165, 1.54) is 6.08 Å². The summed E-state index contributed by atoms with van der Waals surface area (Å²) in [4.78, 5) is 12.6. The Labute approximate surface area is 209 Å². The maximum absolute atomic E-state index is 12.6. The molecule has 8 heteroatoms. The van der Waals surface area contributed by atoms with Crippen molar-refractivity contribution in [2.24, 2.45) is 0 Å². The molecule has 0 aliphatic carbocycles. The van der Waals surface area contributed by atoms with Gasteiger partial charge >= 0.3 is 0 Å². The van der Waals surface area contributed by atoms with Crippen LogP contribution in [0.5, 0.6) is 5.75 Å². The molecule has 0 bridgehead atoms. The number of nitrogens with one attached hydrogen (secondary N) is 1. The Morgan fingerprint density at radius 3 is 2.38 bits per heavy atom. The van der Waals surface area contributed by atoms with Crippen molar-refractivity contribution in [3.63, 3.8) is 0 Å². The second kappa shape index (κ2) is 10.9. The molecular weight excluding hydrogens is 535 g/mol. The van der Waals surface area contributed by atoms with Gasteiger partial charge in [-0.2, -0.15) is 5.26 Å². The summed E-state index contributed by atoms with van der Waals surface area (Å²) in [5.41, 5.74) is 2.67. The number of anilines is 1. The fraction of sp³-hybridized carbons (Fsp3) is 0.0833. The van der Waals surface area contributed by atoms with E-state index in [2.05, 4.69) is 21.2 Å². The van der Waals surface area contributed by atoms with E-state index in [0.717, 1.165) is 15.6 Å². The molecule has 3 aromatic carbocycles. The van der Waals surface area contributed by atoms with E-state index in [4.69, 9.17) is 39.5 Å². The molecule has 0 saturated heterocycles. The lowest BCUT2D eigenvalue weighted by Gasteiger charge is -2.12. The highest BCUT2D eigenvalue weighted by Crippen LogP contribution is 2.35. The van der Waals surface area contributed by atoms with E-state index in [1.54, 1.807) is 30.3 Å². The predicted molar refractivity (Wildman–Crippen MR) is 133 cm³/mol. The van der Waals surface area contributed by atoms with Crippen LogP contribution in [0.4, 0.5) is 5.69 Å². The van der Waals surface area contributed by atoms with Crippen LogP contribution >= 0.6 is 50.7 Å². The Morgan fingerprint density at radius 2 is 1.75 bits per heavy atom. The summed E-state index contributed by atoms with van der Waals surface area (Å²) in [5.74, 6) is -0.244. The predicted octanol–water partition coefficient (Wildman–Crippen LogP) is 7.84. The number of ether oxygens (including phenoxy) is 1. The summed E-state index contributed by atoms with van der Waals surface area (Å²) < 4.78 is 6.74. The summed E-state index contributed by atoms with van der Waals surface area (Å²) >= 11 is 22.1. The van der Waals surface area contributed by atoms with Crippen molar-refractivity contribution >= 4 is 68.4 Å². The van der Waals surface area contributed by atoms with Crippen LogP contribution in [0, 0.1) is 18.3 Å². The first-order chi connectivity index (χ1) is 15.3. The number of hydrogen-bond donors (Lipinski definition) is 1. The smallest absolute Gasteiger partial charge is 0.266 e. The van der Waals surface area contributed by atoms with Crippen molar-refractivity contribution in [2.75, 3.05) is 5.32 Å². The van der Waals surface area contributed by atoms with Crippen LogP contribution in [0.2, 0.25) is 15.1 Å². The Balaban J connectivity index is 1.78. The van der Waals surface area contributed by atoms with Gasteiger partial charge in [-0.1, -0.05) is 68.9 Å². The molecule has 0 heterocycles. The Morgan fingerprint density at radius 1 is 1.09 bits per heavy atom. The van der Waals surface area contributed by atoms with E-state index in [0.29, 0.717) is 22.0 Å². The quantitative estimate of drug-likeness (QED) is 0.251. The zero-order valence-corrected chi connectivity index (χ0v) is 20.6. The molecule has 0 aliphatic heterocycles. The lowest BCUT2D eigenvalue weighted by atomic mass is 10.1. The number of nitrogens with zero attached hydrogens (tertiary/aromatic N) is 1. The first-order valence-electron chi connectivity index (χ1n) is 9.32. The summed E-state index contributed by atoms with van der Waals surface area (Å²) in [6, 6.07) is 17.9. The molecule has 3 rings (SSSR count). The van der Waals surface area contributed by atoms with E-state index in [-0.39, 0.29) is 22.2 Å². The fourth-order valence-electron chi connectivity index (χ4n) is 2.77. The third-order valence-electron chi connectivity index (χ3n) is 4.44. The van der Waals surface area contributed by atoms with Crippen molar-refractivity contribution in [2.45, 2.75) is 13.5 Å². The minimum atomic E-state index is -0.569. The fourth-order valence-corrected chi connectivity index (χ4v) is 3.82. The van der Waals surface area contributed by atoms with Gasteiger partial charge in [0.2, 0.25) is 0 Å². The molecular formula is C24H16BrCl3N2O2. The van der Waals surface area contributed by atoms with Crippen LogP contribution in [-0.4, -0.2) is 5.91 Å². The van der Waals surface area contributed by atoms with E-state index in [1.807, 2.05) is 37.3 Å². The Bertz CT molecular complexity index is 1210. The monoisotopic (exact) mass is 548 g/mol. The van der Waals surface area contributed by atoms with Crippen LogP contribution in [0.3, 0.4) is 0 Å². The van der Waals surface area contributed by atoms with Crippen molar-refractivity contribution in [1.29, 1.82) is 5.26 Å². The lowest BCUT2D eigenvalue weighted by Crippen LogP contribution is -2.14. The normalized spacial score (nSPS) is 11.1. The topological polar surface area (TPSA) is 62.1 Å². The van der Waals surface area contributed by atoms with Gasteiger partial charge in [0.15, 0.2) is 5.75 Å². The largest absolute Gasteiger partial charge is 0.486 e. The summed E-state index contributed by atoms with van der Waals surface area (Å²) in [6.45, 7) is 2.11. The van der Waals surface area contributed by atoms with E-state index >= 15 is 0 Å². The molecule has 0 unspecified atom stereocenters. The molecule has 1 N–H and O–H groups in total. The number of carbonyl (C=O) groups excluding carboxylic acids is 1. The zero-order chi connectivity index (χ0) is 23.3. The number of benzene rings is 3. The number of nitriles is 1. The van der Waals surface area contributed by atoms with Crippen LogP contribution in [0.25, 0.3) is 6.08 Å². The third kappa shape index (κ3) is 6.27. The van der Waals surface area contributed by atoms with Crippen molar-refractivity contribution in [1.82, 2.24) is 0 Å². The molecule has 3 aromatic rings. The molecule has 0 radical (unpaired) electrons. The molecule has 4 nitrogen and oxygen atoms in total. The Kier molecular flexibility index (Phi) is 8.22. The zero-order valence-electron chi connectivity index (χ0n) is 16.8. The van der Waals surface area contributed by atoms with Gasteiger partial charge in [-0.25, -0.2) is 0 Å². The second-order valence-corrected chi connectivity index (χ2v) is 8.98. The highest BCUT2D eigenvalue weighted by molar-refractivity contribution is 9.10. The van der Waals surface area contributed by atoms with Crippen LogP contribution in [-0.2, 0) is 11.4 Å². The number of halogens is 4. The second-order valence-electron chi connectivity index (χ2n) is 6.81. The van der Waals surface area contributed by atoms with Gasteiger partial charge in [-0.3, -0.25) is 4.79 Å². The van der Waals surface area contributed by atoms with Crippen LogP contribution in [0.1, 0.15) is 16.7 Å². The van der Waals surface area contributed by atoms with Gasteiger partial charge in [-0.15, -0.1) is 0 Å². The summed E-state index contributed by atoms with van der Waals surface area (Å²) in [5, 5.41) is 13.2. The van der Waals surface area contributed by atoms with Crippen molar-refractivity contribution in [3.8, 4) is 11.8 Å². The minimum Gasteiger partial charge on any atom is -0.486 e. The maximum Gasteiger partial charge on any atom is 0.266 e. The van der Waals surface area contributed by atoms with Gasteiger partial charge in [-0.05, 0) is 66.1 Å². The molecule has 0 aliphatic rings. The number of aryl methyl sites for hydroxylation is 1. The van der Waals surface area contributed by atoms with Crippen molar-refractivity contribution < 1.29 is 9.53 Å². The number of rotatable bonds is 6. The summed E-state index contributed by atoms with van der Waals surface area (Å²) in [7, 11) is 0. The Hall–Kier alpha value is -2.49. The molecule has 1 amide bonds. The van der Waals surface area contributed by atoms with Gasteiger partial charge < -0.3 is 10.1 Å². The first kappa shape index (κ1) is 24.2. The molecule has 32 heavy (non-hydrogen) atoms. The number of hydrogen-bond acceptors (Lipinski definition) is 3. The standard InChI is InChI=1S/C24H16BrCl3N2O2/c1-14-2-7-19(26)11-22(14)30-24(31)17(12-29)8-16-9-20(27)23(21(28)10-16)32-13-15-3-5-18(25)6-4-15/h2-11H,13H2,1H3,(H,30,31)/b17-8+. The highest BCUT2D eigenvalue weighted by atomic mass is 79.9. The molecule has 0 fully saturated rings. The average molecular weight is 551 g/mol. The van der Waals surface area contributed by atoms with Gasteiger partial charge in [0, 0.05) is 15.2 Å². The third-order valence-corrected chi connectivity index (χ3v) is 5.77. The van der Waals surface area contributed by atoms with Gasteiger partial charge in [0.25, 0.3) is 5.91 Å². The van der Waals surface area contributed by atoms with Gasteiger partial charge in [0.05, 0.1) is 10.0 Å². The SMILES string of the molecule is Cc1ccc(Cl)cc1NC(=O)/C(C#N)=C/c1cc(Cl)c(OCc2ccc(Br)cc2)c(Cl)c1. The molecule has 162 valence electrons. The minimum absolute atomic E-state index is 0.111. The van der Waals surface area contributed by atoms with Gasteiger partial charge in [0.1, 0.15) is 18.2 Å². The van der Waals surface area contributed by atoms with E-state index in [9.17, 15) is 10.1 Å². The number of amides is 1. The van der Waals surface area contributed by atoms with Crippen LogP contribution in [0.15, 0.2) is 64.6 Å². The highest BCUT2D eigenvalue weighted by Gasteiger charge is 2.14. The maximum atomic E-state index is 12.6. The van der Waals surface area contributed by atoms with Crippen LogP contribution < -0.4 is 10.1 Å². The summed E-state index contributed by atoms with van der Waals surface area (Å²) in [6.07, 6.45) is 1.41.